The van der Waals surface area contributed by atoms with E-state index in [0.29, 0.717) is 24.7 Å². The Bertz CT molecular complexity index is 835. The topological polar surface area (TPSA) is 76.7 Å². The van der Waals surface area contributed by atoms with Crippen LogP contribution in [-0.4, -0.2) is 25.0 Å². The standard InChI is InChI=1S/C17H13F3N2O4/c18-17(19,20)12-4-1-10(2-5-12)15(23)21-22-16(24)11-3-6-13-14(9-11)26-8-7-25-13/h1-6,9H,7-8H2,(H,21,23)(H,22,24). The number of hydrazine groups is 1. The lowest BCUT2D eigenvalue weighted by Crippen LogP contribution is -2.41. The zero-order valence-electron chi connectivity index (χ0n) is 13.2. The molecule has 3 rings (SSSR count). The highest BCUT2D eigenvalue weighted by Crippen LogP contribution is 2.31. The number of rotatable bonds is 2. The fourth-order valence-electron chi connectivity index (χ4n) is 2.25. The van der Waals surface area contributed by atoms with Crippen LogP contribution in [0.15, 0.2) is 42.5 Å². The largest absolute Gasteiger partial charge is 0.486 e. The first-order chi connectivity index (χ1) is 12.3. The molecular formula is C17H13F3N2O4. The summed E-state index contributed by atoms with van der Waals surface area (Å²) in [6.07, 6.45) is -4.48. The van der Waals surface area contributed by atoms with E-state index in [-0.39, 0.29) is 11.1 Å². The van der Waals surface area contributed by atoms with Crippen molar-refractivity contribution in [2.75, 3.05) is 13.2 Å². The van der Waals surface area contributed by atoms with Gasteiger partial charge in [-0.05, 0) is 42.5 Å². The van der Waals surface area contributed by atoms with Gasteiger partial charge in [-0.25, -0.2) is 0 Å². The van der Waals surface area contributed by atoms with Crippen LogP contribution in [0.4, 0.5) is 13.2 Å². The number of hydrogen-bond donors (Lipinski definition) is 2. The predicted octanol–water partition coefficient (Wildman–Crippen LogP) is 2.55. The van der Waals surface area contributed by atoms with Gasteiger partial charge in [0.25, 0.3) is 11.8 Å². The van der Waals surface area contributed by atoms with Crippen LogP contribution >= 0.6 is 0 Å². The molecule has 1 aliphatic rings. The van der Waals surface area contributed by atoms with Gasteiger partial charge in [-0.15, -0.1) is 0 Å². The quantitative estimate of drug-likeness (QED) is 0.801. The highest BCUT2D eigenvalue weighted by atomic mass is 19.4. The van der Waals surface area contributed by atoms with E-state index in [0.717, 1.165) is 24.3 Å². The van der Waals surface area contributed by atoms with Crippen LogP contribution in [0, 0.1) is 0 Å². The second kappa shape index (κ2) is 6.95. The van der Waals surface area contributed by atoms with Gasteiger partial charge in [0.15, 0.2) is 11.5 Å². The molecule has 1 aliphatic heterocycles. The number of halogens is 3. The molecule has 0 aliphatic carbocycles. The number of carbonyl (C=O) groups is 2. The van der Waals surface area contributed by atoms with E-state index in [9.17, 15) is 22.8 Å². The lowest BCUT2D eigenvalue weighted by molar-refractivity contribution is -0.137. The summed E-state index contributed by atoms with van der Waals surface area (Å²) in [6, 6.07) is 8.15. The second-order valence-corrected chi connectivity index (χ2v) is 5.34. The van der Waals surface area contributed by atoms with Crippen molar-refractivity contribution in [2.45, 2.75) is 6.18 Å². The van der Waals surface area contributed by atoms with E-state index >= 15 is 0 Å². The third-order valence-electron chi connectivity index (χ3n) is 3.57. The molecule has 0 fully saturated rings. The van der Waals surface area contributed by atoms with Gasteiger partial charge in [-0.2, -0.15) is 13.2 Å². The Labute approximate surface area is 145 Å². The van der Waals surface area contributed by atoms with Crippen LogP contribution in [0.1, 0.15) is 26.3 Å². The number of amides is 2. The summed E-state index contributed by atoms with van der Waals surface area (Å²) in [5.74, 6) is -0.425. The Hall–Kier alpha value is -3.23. The number of ether oxygens (including phenoxy) is 2. The molecule has 0 aromatic heterocycles. The van der Waals surface area contributed by atoms with Crippen LogP contribution in [0.5, 0.6) is 11.5 Å². The average Bonchev–Trinajstić information content (AvgIpc) is 2.64. The normalized spacial score (nSPS) is 13.0. The molecule has 0 saturated carbocycles. The van der Waals surface area contributed by atoms with Gasteiger partial charge in [-0.3, -0.25) is 20.4 Å². The van der Waals surface area contributed by atoms with Crippen molar-refractivity contribution in [3.63, 3.8) is 0 Å². The SMILES string of the molecule is O=C(NNC(=O)c1ccc2c(c1)OCCO2)c1ccc(C(F)(F)F)cc1. The molecule has 6 nitrogen and oxygen atoms in total. The highest BCUT2D eigenvalue weighted by molar-refractivity contribution is 5.99. The van der Waals surface area contributed by atoms with Crippen LogP contribution in [0.25, 0.3) is 0 Å². The maximum absolute atomic E-state index is 12.5. The molecule has 9 heteroatoms. The number of alkyl halides is 3. The first-order valence-electron chi connectivity index (χ1n) is 7.52. The summed E-state index contributed by atoms with van der Waals surface area (Å²) < 4.78 is 48.2. The fraction of sp³-hybridized carbons (Fsp3) is 0.176. The third kappa shape index (κ3) is 3.88. The number of hydrogen-bond acceptors (Lipinski definition) is 4. The van der Waals surface area contributed by atoms with Crippen molar-refractivity contribution in [1.82, 2.24) is 10.9 Å². The number of carbonyl (C=O) groups excluding carboxylic acids is 2. The average molecular weight is 366 g/mol. The molecule has 1 heterocycles. The van der Waals surface area contributed by atoms with E-state index in [1.54, 1.807) is 6.07 Å². The third-order valence-corrected chi connectivity index (χ3v) is 3.57. The maximum atomic E-state index is 12.5. The first-order valence-corrected chi connectivity index (χ1v) is 7.52. The summed E-state index contributed by atoms with van der Waals surface area (Å²) in [6.45, 7) is 0.782. The molecule has 136 valence electrons. The van der Waals surface area contributed by atoms with Gasteiger partial charge in [0.05, 0.1) is 5.56 Å². The smallest absolute Gasteiger partial charge is 0.416 e. The molecule has 0 bridgehead atoms. The van der Waals surface area contributed by atoms with E-state index in [2.05, 4.69) is 10.9 Å². The van der Waals surface area contributed by atoms with E-state index in [4.69, 9.17) is 9.47 Å². The molecule has 0 radical (unpaired) electrons. The molecule has 2 amide bonds. The number of fused-ring (bicyclic) bond motifs is 1. The van der Waals surface area contributed by atoms with Crippen molar-refractivity contribution in [1.29, 1.82) is 0 Å². The van der Waals surface area contributed by atoms with E-state index in [1.165, 1.54) is 12.1 Å². The Balaban J connectivity index is 1.61. The van der Waals surface area contributed by atoms with Gasteiger partial charge in [0.1, 0.15) is 13.2 Å². The van der Waals surface area contributed by atoms with Crippen molar-refractivity contribution < 1.29 is 32.2 Å². The summed E-state index contributed by atoms with van der Waals surface area (Å²) >= 11 is 0. The number of benzene rings is 2. The minimum atomic E-state index is -4.48. The molecule has 0 atom stereocenters. The predicted molar refractivity (Wildman–Crippen MR) is 83.8 cm³/mol. The van der Waals surface area contributed by atoms with Crippen LogP contribution < -0.4 is 20.3 Å². The van der Waals surface area contributed by atoms with Gasteiger partial charge >= 0.3 is 6.18 Å². The minimum Gasteiger partial charge on any atom is -0.486 e. The van der Waals surface area contributed by atoms with Crippen molar-refractivity contribution in [3.05, 3.63) is 59.2 Å². The molecule has 2 aromatic rings. The summed E-state index contributed by atoms with van der Waals surface area (Å²) in [5.41, 5.74) is 3.67. The lowest BCUT2D eigenvalue weighted by Gasteiger charge is -2.18. The zero-order chi connectivity index (χ0) is 18.7. The van der Waals surface area contributed by atoms with Gasteiger partial charge in [-0.1, -0.05) is 0 Å². The first kappa shape index (κ1) is 17.6. The monoisotopic (exact) mass is 366 g/mol. The van der Waals surface area contributed by atoms with Crippen molar-refractivity contribution in [2.24, 2.45) is 0 Å². The van der Waals surface area contributed by atoms with Crippen LogP contribution in [0.3, 0.4) is 0 Å². The lowest BCUT2D eigenvalue weighted by atomic mass is 10.1. The Morgan fingerprint density at radius 1 is 0.808 bits per heavy atom. The fourth-order valence-corrected chi connectivity index (χ4v) is 2.25. The number of nitrogens with one attached hydrogen (secondary N) is 2. The minimum absolute atomic E-state index is 0.0273. The summed E-state index contributed by atoms with van der Waals surface area (Å²) in [7, 11) is 0. The molecule has 2 N–H and O–H groups in total. The summed E-state index contributed by atoms with van der Waals surface area (Å²) in [5, 5.41) is 0. The molecule has 0 saturated heterocycles. The highest BCUT2D eigenvalue weighted by Gasteiger charge is 2.30. The van der Waals surface area contributed by atoms with Crippen LogP contribution in [-0.2, 0) is 6.18 Å². The Morgan fingerprint density at radius 3 is 1.96 bits per heavy atom. The Kier molecular flexibility index (Phi) is 4.70. The molecule has 26 heavy (non-hydrogen) atoms. The van der Waals surface area contributed by atoms with Gasteiger partial charge in [0, 0.05) is 11.1 Å². The van der Waals surface area contributed by atoms with Gasteiger partial charge in [0.2, 0.25) is 0 Å². The summed E-state index contributed by atoms with van der Waals surface area (Å²) in [4.78, 5) is 24.0. The Morgan fingerprint density at radius 2 is 1.35 bits per heavy atom. The van der Waals surface area contributed by atoms with E-state index in [1.807, 2.05) is 0 Å². The molecular weight excluding hydrogens is 353 g/mol. The van der Waals surface area contributed by atoms with Crippen LogP contribution in [0.2, 0.25) is 0 Å². The zero-order valence-corrected chi connectivity index (χ0v) is 13.2. The molecule has 0 unspecified atom stereocenters. The molecule has 2 aromatic carbocycles. The second-order valence-electron chi connectivity index (χ2n) is 5.34. The maximum Gasteiger partial charge on any atom is 0.416 e. The van der Waals surface area contributed by atoms with Gasteiger partial charge < -0.3 is 9.47 Å². The van der Waals surface area contributed by atoms with Crippen molar-refractivity contribution in [3.8, 4) is 11.5 Å². The van der Waals surface area contributed by atoms with E-state index < -0.39 is 23.6 Å². The van der Waals surface area contributed by atoms with Crippen molar-refractivity contribution >= 4 is 11.8 Å². The molecule has 0 spiro atoms.